The van der Waals surface area contributed by atoms with E-state index >= 15 is 0 Å². The van der Waals surface area contributed by atoms with Crippen LogP contribution in [0.3, 0.4) is 0 Å². The number of morpholine rings is 1. The molecule has 0 amide bonds. The van der Waals surface area contributed by atoms with Crippen LogP contribution in [0, 0.1) is 6.92 Å². The highest BCUT2D eigenvalue weighted by Crippen LogP contribution is 2.35. The molecule has 3 aromatic carbocycles. The van der Waals surface area contributed by atoms with Gasteiger partial charge in [-0.3, -0.25) is 0 Å². The van der Waals surface area contributed by atoms with Gasteiger partial charge in [-0.25, -0.2) is 0 Å². The molecule has 138 valence electrons. The highest BCUT2D eigenvalue weighted by atomic mass is 16.5. The van der Waals surface area contributed by atoms with Crippen molar-refractivity contribution in [3.05, 3.63) is 90.0 Å². The lowest BCUT2D eigenvalue weighted by Crippen LogP contribution is -2.43. The number of hydrogen-bond donors (Lipinski definition) is 1. The van der Waals surface area contributed by atoms with E-state index in [-0.39, 0.29) is 12.2 Å². The average Bonchev–Trinajstić information content (AvgIpc) is 2.74. The molecule has 1 N–H and O–H groups in total. The van der Waals surface area contributed by atoms with E-state index in [4.69, 9.17) is 9.47 Å². The zero-order valence-electron chi connectivity index (χ0n) is 15.6. The number of ether oxygens (including phenoxy) is 2. The summed E-state index contributed by atoms with van der Waals surface area (Å²) in [4.78, 5) is 0. The molecule has 1 aliphatic heterocycles. The Balaban J connectivity index is 1.68. The maximum absolute atomic E-state index is 6.59. The summed E-state index contributed by atoms with van der Waals surface area (Å²) in [6.07, 6.45) is -0.183. The fraction of sp³-hybridized carbons (Fsp3) is 0.250. The van der Waals surface area contributed by atoms with E-state index in [1.165, 1.54) is 5.56 Å². The van der Waals surface area contributed by atoms with Gasteiger partial charge >= 0.3 is 0 Å². The van der Waals surface area contributed by atoms with Crippen LogP contribution in [-0.4, -0.2) is 25.8 Å². The predicted molar refractivity (Wildman–Crippen MR) is 109 cm³/mol. The van der Waals surface area contributed by atoms with Crippen LogP contribution in [0.1, 0.15) is 17.2 Å². The van der Waals surface area contributed by atoms with Crippen molar-refractivity contribution in [2.45, 2.75) is 19.1 Å². The van der Waals surface area contributed by atoms with Crippen molar-refractivity contribution in [3.63, 3.8) is 0 Å². The molecule has 0 aliphatic carbocycles. The minimum absolute atomic E-state index is 0.0211. The minimum Gasteiger partial charge on any atom is -0.482 e. The van der Waals surface area contributed by atoms with Crippen molar-refractivity contribution in [2.24, 2.45) is 0 Å². The Morgan fingerprint density at radius 2 is 1.67 bits per heavy atom. The first-order valence-corrected chi connectivity index (χ1v) is 9.51. The fourth-order valence-corrected chi connectivity index (χ4v) is 3.46. The van der Waals surface area contributed by atoms with Gasteiger partial charge in [-0.2, -0.15) is 0 Å². The zero-order chi connectivity index (χ0) is 18.5. The molecule has 4 rings (SSSR count). The standard InChI is InChI=1S/C24H25NO2/c1-18-11-13-19(14-12-18)21-9-5-6-10-22(21)27-24(20-7-3-2-4-8-20)23-17-25-15-16-26-23/h2-14,23-25H,15-17H2,1H3. The SMILES string of the molecule is Cc1ccc(-c2ccccc2OC(c2ccccc2)C2CNCCO2)cc1. The molecule has 2 atom stereocenters. The van der Waals surface area contributed by atoms with Crippen molar-refractivity contribution in [2.75, 3.05) is 19.7 Å². The molecule has 27 heavy (non-hydrogen) atoms. The molecule has 3 aromatic rings. The average molecular weight is 359 g/mol. The molecule has 3 nitrogen and oxygen atoms in total. The van der Waals surface area contributed by atoms with Crippen LogP contribution < -0.4 is 10.1 Å². The van der Waals surface area contributed by atoms with Crippen LogP contribution in [0.4, 0.5) is 0 Å². The van der Waals surface area contributed by atoms with Gasteiger partial charge in [-0.05, 0) is 24.1 Å². The van der Waals surface area contributed by atoms with Crippen LogP contribution in [-0.2, 0) is 4.74 Å². The van der Waals surface area contributed by atoms with Gasteiger partial charge in [-0.1, -0.05) is 78.4 Å². The summed E-state index contributed by atoms with van der Waals surface area (Å²) in [5.74, 6) is 0.879. The van der Waals surface area contributed by atoms with Crippen LogP contribution in [0.25, 0.3) is 11.1 Å². The van der Waals surface area contributed by atoms with Crippen LogP contribution in [0.5, 0.6) is 5.75 Å². The third-order valence-corrected chi connectivity index (χ3v) is 4.93. The fourth-order valence-electron chi connectivity index (χ4n) is 3.46. The summed E-state index contributed by atoms with van der Waals surface area (Å²) < 4.78 is 12.6. The van der Waals surface area contributed by atoms with Gasteiger partial charge in [0.1, 0.15) is 11.9 Å². The van der Waals surface area contributed by atoms with Gasteiger partial charge < -0.3 is 14.8 Å². The van der Waals surface area contributed by atoms with Crippen molar-refractivity contribution in [1.29, 1.82) is 0 Å². The van der Waals surface area contributed by atoms with E-state index in [0.717, 1.165) is 35.5 Å². The van der Waals surface area contributed by atoms with E-state index < -0.39 is 0 Å². The van der Waals surface area contributed by atoms with Crippen molar-refractivity contribution in [1.82, 2.24) is 5.32 Å². The third-order valence-electron chi connectivity index (χ3n) is 4.93. The van der Waals surface area contributed by atoms with Crippen molar-refractivity contribution in [3.8, 4) is 16.9 Å². The van der Waals surface area contributed by atoms with Gasteiger partial charge in [0.25, 0.3) is 0 Å². The highest BCUT2D eigenvalue weighted by molar-refractivity contribution is 5.70. The maximum atomic E-state index is 6.59. The number of nitrogens with one attached hydrogen (secondary N) is 1. The van der Waals surface area contributed by atoms with E-state index in [9.17, 15) is 0 Å². The van der Waals surface area contributed by atoms with E-state index in [1.807, 2.05) is 30.3 Å². The first-order chi connectivity index (χ1) is 13.3. The van der Waals surface area contributed by atoms with Gasteiger partial charge in [0.15, 0.2) is 6.10 Å². The lowest BCUT2D eigenvalue weighted by Gasteiger charge is -2.32. The molecule has 0 saturated carbocycles. The van der Waals surface area contributed by atoms with E-state index in [0.29, 0.717) is 6.61 Å². The third kappa shape index (κ3) is 4.21. The molecule has 0 spiro atoms. The molecular weight excluding hydrogens is 334 g/mol. The van der Waals surface area contributed by atoms with Crippen LogP contribution in [0.15, 0.2) is 78.9 Å². The Morgan fingerprint density at radius 1 is 0.926 bits per heavy atom. The second kappa shape index (κ2) is 8.38. The molecular formula is C24H25NO2. The number of aryl methyl sites for hydroxylation is 1. The minimum atomic E-state index is -0.161. The second-order valence-electron chi connectivity index (χ2n) is 6.92. The van der Waals surface area contributed by atoms with Gasteiger partial charge in [0.2, 0.25) is 0 Å². The Morgan fingerprint density at radius 3 is 2.41 bits per heavy atom. The van der Waals surface area contributed by atoms with Crippen molar-refractivity contribution >= 4 is 0 Å². The lowest BCUT2D eigenvalue weighted by atomic mass is 10.0. The molecule has 1 fully saturated rings. The first kappa shape index (κ1) is 17.8. The molecule has 0 aromatic heterocycles. The molecule has 0 radical (unpaired) electrons. The smallest absolute Gasteiger partial charge is 0.151 e. The number of benzene rings is 3. The molecule has 0 bridgehead atoms. The Kier molecular flexibility index (Phi) is 5.52. The summed E-state index contributed by atoms with van der Waals surface area (Å²) in [5.41, 5.74) is 4.64. The zero-order valence-corrected chi connectivity index (χ0v) is 15.6. The van der Waals surface area contributed by atoms with Gasteiger partial charge in [0.05, 0.1) is 6.61 Å². The molecule has 3 heteroatoms. The summed E-state index contributed by atoms with van der Waals surface area (Å²) in [6.45, 7) is 4.48. The summed E-state index contributed by atoms with van der Waals surface area (Å²) in [7, 11) is 0. The number of para-hydroxylation sites is 1. The van der Waals surface area contributed by atoms with E-state index in [1.54, 1.807) is 0 Å². The molecule has 1 heterocycles. The number of hydrogen-bond acceptors (Lipinski definition) is 3. The Labute approximate surface area is 161 Å². The van der Waals surface area contributed by atoms with Gasteiger partial charge in [-0.15, -0.1) is 0 Å². The first-order valence-electron chi connectivity index (χ1n) is 9.51. The second-order valence-corrected chi connectivity index (χ2v) is 6.92. The van der Waals surface area contributed by atoms with Crippen LogP contribution >= 0.6 is 0 Å². The maximum Gasteiger partial charge on any atom is 0.151 e. The normalized spacial score (nSPS) is 18.0. The lowest BCUT2D eigenvalue weighted by molar-refractivity contribution is -0.0430. The highest BCUT2D eigenvalue weighted by Gasteiger charge is 2.28. The van der Waals surface area contributed by atoms with Gasteiger partial charge in [0, 0.05) is 18.7 Å². The summed E-state index contributed by atoms with van der Waals surface area (Å²) >= 11 is 0. The van der Waals surface area contributed by atoms with Crippen LogP contribution in [0.2, 0.25) is 0 Å². The topological polar surface area (TPSA) is 30.5 Å². The predicted octanol–water partition coefficient (Wildman–Crippen LogP) is 4.77. The monoisotopic (exact) mass is 359 g/mol. The summed E-state index contributed by atoms with van der Waals surface area (Å²) in [5, 5.41) is 3.42. The Bertz CT molecular complexity index is 855. The largest absolute Gasteiger partial charge is 0.482 e. The summed E-state index contributed by atoms with van der Waals surface area (Å²) in [6, 6.07) is 27.1. The van der Waals surface area contributed by atoms with Crippen molar-refractivity contribution < 1.29 is 9.47 Å². The number of rotatable bonds is 5. The van der Waals surface area contributed by atoms with E-state index in [2.05, 4.69) is 60.8 Å². The Hall–Kier alpha value is -2.62. The molecule has 1 saturated heterocycles. The molecule has 2 unspecified atom stereocenters. The quantitative estimate of drug-likeness (QED) is 0.712. The molecule has 1 aliphatic rings.